The normalized spacial score (nSPS) is 11.7. The molecule has 0 aliphatic heterocycles. The van der Waals surface area contributed by atoms with Crippen LogP contribution in [0.15, 0.2) is 58.9 Å². The van der Waals surface area contributed by atoms with Gasteiger partial charge in [0, 0.05) is 23.6 Å². The molecule has 28 heavy (non-hydrogen) atoms. The Bertz CT molecular complexity index is 930. The summed E-state index contributed by atoms with van der Waals surface area (Å²) in [6, 6.07) is 16.3. The highest BCUT2D eigenvalue weighted by molar-refractivity contribution is 8.93. The van der Waals surface area contributed by atoms with Crippen LogP contribution in [0.2, 0.25) is 5.02 Å². The molecule has 2 aromatic carbocycles. The van der Waals surface area contributed by atoms with Gasteiger partial charge in [-0.05, 0) is 54.2 Å². The van der Waals surface area contributed by atoms with E-state index in [9.17, 15) is 5.11 Å². The van der Waals surface area contributed by atoms with Crippen LogP contribution in [0.1, 0.15) is 25.8 Å². The highest BCUT2D eigenvalue weighted by Gasteiger charge is 2.09. The van der Waals surface area contributed by atoms with E-state index in [1.807, 2.05) is 24.3 Å². The number of halogens is 2. The van der Waals surface area contributed by atoms with E-state index < -0.39 is 0 Å². The molecule has 150 valence electrons. The van der Waals surface area contributed by atoms with Crippen LogP contribution >= 0.6 is 39.9 Å². The highest BCUT2D eigenvalue weighted by atomic mass is 79.9. The molecule has 1 N–H and O–H groups in total. The summed E-state index contributed by atoms with van der Waals surface area (Å²) in [5.74, 6) is 0.649. The van der Waals surface area contributed by atoms with Crippen molar-refractivity contribution < 1.29 is 5.11 Å². The summed E-state index contributed by atoms with van der Waals surface area (Å²) in [5, 5.41) is 12.1. The van der Waals surface area contributed by atoms with Gasteiger partial charge in [-0.2, -0.15) is 0 Å². The fourth-order valence-corrected chi connectivity index (χ4v) is 4.08. The Morgan fingerprint density at radius 2 is 1.75 bits per heavy atom. The van der Waals surface area contributed by atoms with Gasteiger partial charge in [-0.1, -0.05) is 49.7 Å². The first-order valence-corrected chi connectivity index (χ1v) is 10.5. The number of thiazole rings is 1. The molecule has 0 aliphatic carbocycles. The minimum atomic E-state index is 0. The summed E-state index contributed by atoms with van der Waals surface area (Å²) < 4.78 is 2.19. The van der Waals surface area contributed by atoms with Crippen molar-refractivity contribution in [1.29, 1.82) is 0 Å². The van der Waals surface area contributed by atoms with Gasteiger partial charge in [0.15, 0.2) is 4.80 Å². The first kappa shape index (κ1) is 22.9. The zero-order valence-corrected chi connectivity index (χ0v) is 19.4. The van der Waals surface area contributed by atoms with Crippen LogP contribution in [-0.2, 0) is 13.0 Å². The maximum atomic E-state index is 9.30. The molecule has 0 spiro atoms. The van der Waals surface area contributed by atoms with Crippen LogP contribution in [0, 0.1) is 5.92 Å². The number of hydrogen-bond donors (Lipinski definition) is 1. The van der Waals surface area contributed by atoms with Crippen molar-refractivity contribution >= 4 is 45.6 Å². The topological polar surface area (TPSA) is 37.5 Å². The second kappa shape index (κ2) is 11.0. The Labute approximate surface area is 186 Å². The zero-order chi connectivity index (χ0) is 19.2. The molecule has 3 rings (SSSR count). The number of aromatic nitrogens is 1. The van der Waals surface area contributed by atoms with Crippen molar-refractivity contribution in [2.45, 2.75) is 33.2 Å². The van der Waals surface area contributed by atoms with Gasteiger partial charge in [-0.25, -0.2) is 4.99 Å². The van der Waals surface area contributed by atoms with E-state index in [0.29, 0.717) is 17.4 Å². The number of rotatable bonds is 7. The molecule has 0 radical (unpaired) electrons. The maximum absolute atomic E-state index is 9.30. The molecule has 0 fully saturated rings. The van der Waals surface area contributed by atoms with Gasteiger partial charge in [-0.15, -0.1) is 28.3 Å². The fourth-order valence-electron chi connectivity index (χ4n) is 3.00. The van der Waals surface area contributed by atoms with Crippen molar-refractivity contribution in [1.82, 2.24) is 4.57 Å². The SMILES string of the molecule is Br.CC(C)Cc1ccc(-c2csc(=Nc3ccc(Cl)cc3)n2CCCO)cc1. The van der Waals surface area contributed by atoms with E-state index >= 15 is 0 Å². The minimum absolute atomic E-state index is 0. The molecule has 1 aromatic heterocycles. The number of nitrogens with zero attached hydrogens (tertiary/aromatic N) is 2. The lowest BCUT2D eigenvalue weighted by Crippen LogP contribution is -2.16. The molecular weight excluding hydrogens is 456 g/mol. The first-order chi connectivity index (χ1) is 13.1. The molecule has 0 atom stereocenters. The molecular formula is C22H26BrClN2OS. The molecule has 0 unspecified atom stereocenters. The molecule has 3 aromatic rings. The van der Waals surface area contributed by atoms with E-state index in [4.69, 9.17) is 16.6 Å². The predicted molar refractivity (Wildman–Crippen MR) is 125 cm³/mol. The Balaban J connectivity index is 0.00000280. The Morgan fingerprint density at radius 1 is 1.07 bits per heavy atom. The van der Waals surface area contributed by atoms with Gasteiger partial charge in [0.05, 0.1) is 11.4 Å². The molecule has 0 saturated carbocycles. The van der Waals surface area contributed by atoms with E-state index in [-0.39, 0.29) is 23.6 Å². The second-order valence-electron chi connectivity index (χ2n) is 7.02. The number of benzene rings is 2. The molecule has 3 nitrogen and oxygen atoms in total. The predicted octanol–water partition coefficient (Wildman–Crippen LogP) is 6.26. The molecule has 1 heterocycles. The monoisotopic (exact) mass is 480 g/mol. The standard InChI is InChI=1S/C22H25ClN2OS.BrH/c1-16(2)14-17-4-6-18(7-5-17)21-15-27-22(25(21)12-3-13-26)24-20-10-8-19(23)9-11-20;/h4-11,15-16,26H,3,12-14H2,1-2H3;1H. The Hall–Kier alpha value is -1.40. The average Bonchev–Trinajstić information content (AvgIpc) is 3.04. The van der Waals surface area contributed by atoms with Gasteiger partial charge in [0.2, 0.25) is 0 Å². The summed E-state index contributed by atoms with van der Waals surface area (Å²) in [6.45, 7) is 5.37. The summed E-state index contributed by atoms with van der Waals surface area (Å²) in [5.41, 5.74) is 4.54. The molecule has 0 saturated heterocycles. The smallest absolute Gasteiger partial charge is 0.190 e. The van der Waals surface area contributed by atoms with Gasteiger partial charge in [0.25, 0.3) is 0 Å². The second-order valence-corrected chi connectivity index (χ2v) is 8.29. The van der Waals surface area contributed by atoms with Gasteiger partial charge in [-0.3, -0.25) is 0 Å². The molecule has 6 heteroatoms. The third-order valence-corrected chi connectivity index (χ3v) is 5.40. The van der Waals surface area contributed by atoms with E-state index in [2.05, 4.69) is 48.1 Å². The van der Waals surface area contributed by atoms with Gasteiger partial charge >= 0.3 is 0 Å². The number of hydrogen-bond acceptors (Lipinski definition) is 3. The molecule has 0 aliphatic rings. The van der Waals surface area contributed by atoms with Gasteiger partial charge in [0.1, 0.15) is 0 Å². The Morgan fingerprint density at radius 3 is 2.36 bits per heavy atom. The number of aliphatic hydroxyl groups excluding tert-OH is 1. The van der Waals surface area contributed by atoms with Crippen LogP contribution in [0.25, 0.3) is 11.3 Å². The van der Waals surface area contributed by atoms with Crippen LogP contribution in [0.5, 0.6) is 0 Å². The van der Waals surface area contributed by atoms with Crippen LogP contribution < -0.4 is 4.80 Å². The Kier molecular flexibility index (Phi) is 8.96. The maximum Gasteiger partial charge on any atom is 0.190 e. The van der Waals surface area contributed by atoms with Crippen molar-refractivity contribution in [2.75, 3.05) is 6.61 Å². The molecule has 0 amide bonds. The van der Waals surface area contributed by atoms with Crippen molar-refractivity contribution in [3.8, 4) is 11.3 Å². The van der Waals surface area contributed by atoms with Gasteiger partial charge < -0.3 is 9.67 Å². The zero-order valence-electron chi connectivity index (χ0n) is 16.1. The third-order valence-electron chi connectivity index (χ3n) is 4.28. The highest BCUT2D eigenvalue weighted by Crippen LogP contribution is 2.23. The molecule has 0 bridgehead atoms. The average molecular weight is 482 g/mol. The summed E-state index contributed by atoms with van der Waals surface area (Å²) in [7, 11) is 0. The summed E-state index contributed by atoms with van der Waals surface area (Å²) >= 11 is 7.59. The largest absolute Gasteiger partial charge is 0.396 e. The lowest BCUT2D eigenvalue weighted by Gasteiger charge is -2.10. The van der Waals surface area contributed by atoms with Crippen molar-refractivity contribution in [3.63, 3.8) is 0 Å². The summed E-state index contributed by atoms with van der Waals surface area (Å²) in [4.78, 5) is 5.70. The van der Waals surface area contributed by atoms with Crippen molar-refractivity contribution in [2.24, 2.45) is 10.9 Å². The van der Waals surface area contributed by atoms with Crippen LogP contribution in [-0.4, -0.2) is 16.3 Å². The lowest BCUT2D eigenvalue weighted by molar-refractivity contribution is 0.279. The number of aliphatic hydroxyl groups is 1. The lowest BCUT2D eigenvalue weighted by atomic mass is 10.0. The third kappa shape index (κ3) is 6.05. The van der Waals surface area contributed by atoms with E-state index in [1.54, 1.807) is 11.3 Å². The summed E-state index contributed by atoms with van der Waals surface area (Å²) in [6.07, 6.45) is 1.79. The first-order valence-electron chi connectivity index (χ1n) is 9.25. The fraction of sp³-hybridized carbons (Fsp3) is 0.318. The van der Waals surface area contributed by atoms with Crippen LogP contribution in [0.4, 0.5) is 5.69 Å². The van der Waals surface area contributed by atoms with E-state index in [1.165, 1.54) is 11.1 Å². The quantitative estimate of drug-likeness (QED) is 0.425. The van der Waals surface area contributed by atoms with Crippen molar-refractivity contribution in [3.05, 3.63) is 69.3 Å². The van der Waals surface area contributed by atoms with E-state index in [0.717, 1.165) is 29.1 Å². The minimum Gasteiger partial charge on any atom is -0.396 e. The van der Waals surface area contributed by atoms with Crippen LogP contribution in [0.3, 0.4) is 0 Å².